The van der Waals surface area contributed by atoms with Crippen LogP contribution in [0.2, 0.25) is 5.02 Å². The normalized spacial score (nSPS) is 11.2. The molecule has 1 aromatic rings. The monoisotopic (exact) mass is 356 g/mol. The lowest BCUT2D eigenvalue weighted by Crippen LogP contribution is -2.37. The van der Waals surface area contributed by atoms with Gasteiger partial charge in [0.1, 0.15) is 0 Å². The molecule has 24 heavy (non-hydrogen) atoms. The molecule has 0 radical (unpaired) electrons. The van der Waals surface area contributed by atoms with Crippen LogP contribution >= 0.6 is 11.6 Å². The third-order valence-corrected chi connectivity index (χ3v) is 2.73. The second-order valence-electron chi connectivity index (χ2n) is 6.03. The van der Waals surface area contributed by atoms with Gasteiger partial charge in [0.2, 0.25) is 11.8 Å². The van der Waals surface area contributed by atoms with E-state index in [2.05, 4.69) is 31.4 Å². The quantitative estimate of drug-likeness (QED) is 0.583. The van der Waals surface area contributed by atoms with Gasteiger partial charge in [-0.2, -0.15) is 0 Å². The molecule has 2 amide bonds. The summed E-state index contributed by atoms with van der Waals surface area (Å²) < 4.78 is 0. The van der Waals surface area contributed by atoms with Crippen molar-refractivity contribution in [3.05, 3.63) is 34.9 Å². The molecule has 0 heterocycles. The van der Waals surface area contributed by atoms with Gasteiger partial charge in [-0.25, -0.2) is 0 Å². The number of nitrogens with one attached hydrogen (secondary N) is 2. The largest absolute Gasteiger partial charge is 0.472 e. The van der Waals surface area contributed by atoms with Crippen molar-refractivity contribution in [3.8, 4) is 0 Å². The van der Waals surface area contributed by atoms with E-state index in [4.69, 9.17) is 21.6 Å². The number of amides is 2. The standard InChI is InChI=1S/C12H16BClN2O4.C4H10/c1-8(17)16-11(6-12(18)15-7-13(19)20)9-3-2-4-10(14)5-9;1-4(2)3/h2-5,11,19-20H,6-7H2,1H3,(H,15,18)(H,16,17);4H,1-3H3. The van der Waals surface area contributed by atoms with Crippen LogP contribution in [-0.4, -0.2) is 35.4 Å². The minimum Gasteiger partial charge on any atom is -0.426 e. The zero-order valence-corrected chi connectivity index (χ0v) is 15.3. The van der Waals surface area contributed by atoms with Gasteiger partial charge in [-0.3, -0.25) is 9.59 Å². The molecule has 0 saturated heterocycles. The van der Waals surface area contributed by atoms with Gasteiger partial charge < -0.3 is 20.7 Å². The van der Waals surface area contributed by atoms with Gasteiger partial charge in [-0.1, -0.05) is 44.5 Å². The van der Waals surface area contributed by atoms with E-state index in [1.165, 1.54) is 6.92 Å². The van der Waals surface area contributed by atoms with Gasteiger partial charge in [-0.05, 0) is 23.6 Å². The maximum absolute atomic E-state index is 11.7. The molecule has 0 aliphatic rings. The molecule has 8 heteroatoms. The molecule has 4 N–H and O–H groups in total. The van der Waals surface area contributed by atoms with Crippen LogP contribution in [0.5, 0.6) is 0 Å². The van der Waals surface area contributed by atoms with Gasteiger partial charge >= 0.3 is 7.12 Å². The average molecular weight is 357 g/mol. The first-order valence-corrected chi connectivity index (χ1v) is 8.15. The van der Waals surface area contributed by atoms with E-state index in [1.54, 1.807) is 24.3 Å². The molecule has 1 rings (SSSR count). The van der Waals surface area contributed by atoms with E-state index in [0.29, 0.717) is 10.6 Å². The summed E-state index contributed by atoms with van der Waals surface area (Å²) in [6.07, 6.45) is -0.284. The number of halogens is 1. The first-order chi connectivity index (χ1) is 11.1. The predicted molar refractivity (Wildman–Crippen MR) is 96.3 cm³/mol. The van der Waals surface area contributed by atoms with Gasteiger partial charge in [0.05, 0.1) is 18.9 Å². The Labute approximate surface area is 148 Å². The summed E-state index contributed by atoms with van der Waals surface area (Å²) in [7, 11) is -1.61. The van der Waals surface area contributed by atoms with Crippen molar-refractivity contribution < 1.29 is 19.6 Å². The Hall–Kier alpha value is -1.57. The summed E-state index contributed by atoms with van der Waals surface area (Å²) in [5.74, 6) is 0.154. The van der Waals surface area contributed by atoms with Crippen LogP contribution in [-0.2, 0) is 9.59 Å². The summed E-state index contributed by atoms with van der Waals surface area (Å²) in [6, 6.07) is 6.30. The van der Waals surface area contributed by atoms with E-state index in [-0.39, 0.29) is 18.8 Å². The minimum absolute atomic E-state index is 0.0212. The SMILES string of the molecule is CC(=O)NC(CC(=O)NCB(O)O)c1cccc(Cl)c1.CC(C)C. The molecule has 0 aliphatic carbocycles. The second kappa shape index (κ2) is 11.9. The summed E-state index contributed by atoms with van der Waals surface area (Å²) in [4.78, 5) is 22.9. The number of hydrogen-bond donors (Lipinski definition) is 4. The summed E-state index contributed by atoms with van der Waals surface area (Å²) in [6.45, 7) is 7.85. The van der Waals surface area contributed by atoms with Crippen LogP contribution < -0.4 is 10.6 Å². The number of benzene rings is 1. The minimum atomic E-state index is -1.61. The molecule has 0 fully saturated rings. The molecular weight excluding hydrogens is 330 g/mol. The fourth-order valence-electron chi connectivity index (χ4n) is 1.68. The lowest BCUT2D eigenvalue weighted by Gasteiger charge is -2.18. The van der Waals surface area contributed by atoms with Gasteiger partial charge in [0, 0.05) is 11.9 Å². The number of hydrogen-bond acceptors (Lipinski definition) is 4. The fraction of sp³-hybridized carbons (Fsp3) is 0.500. The lowest BCUT2D eigenvalue weighted by molar-refractivity contribution is -0.122. The van der Waals surface area contributed by atoms with Crippen molar-refractivity contribution in [2.45, 2.75) is 40.2 Å². The number of carbonyl (C=O) groups is 2. The van der Waals surface area contributed by atoms with Crippen molar-refractivity contribution in [3.63, 3.8) is 0 Å². The highest BCUT2D eigenvalue weighted by Crippen LogP contribution is 2.20. The number of carbonyl (C=O) groups excluding carboxylic acids is 2. The van der Waals surface area contributed by atoms with E-state index >= 15 is 0 Å². The Bertz CT molecular complexity index is 524. The maximum Gasteiger partial charge on any atom is 0.472 e. The van der Waals surface area contributed by atoms with Gasteiger partial charge in [0.25, 0.3) is 0 Å². The zero-order valence-electron chi connectivity index (χ0n) is 14.5. The van der Waals surface area contributed by atoms with Crippen LogP contribution in [0.4, 0.5) is 0 Å². The molecule has 1 unspecified atom stereocenters. The average Bonchev–Trinajstić information content (AvgIpc) is 2.43. The maximum atomic E-state index is 11.7. The van der Waals surface area contributed by atoms with E-state index in [1.807, 2.05) is 0 Å². The molecule has 1 aromatic carbocycles. The molecule has 0 bridgehead atoms. The molecule has 0 aromatic heterocycles. The lowest BCUT2D eigenvalue weighted by atomic mass is 9.92. The summed E-state index contributed by atoms with van der Waals surface area (Å²) in [5.41, 5.74) is 0.701. The Kier molecular flexibility index (Phi) is 11.1. The molecule has 0 aliphatic heterocycles. The smallest absolute Gasteiger partial charge is 0.426 e. The highest BCUT2D eigenvalue weighted by Gasteiger charge is 2.18. The Balaban J connectivity index is 0.00000118. The highest BCUT2D eigenvalue weighted by atomic mass is 35.5. The van der Waals surface area contributed by atoms with Crippen molar-refractivity contribution in [2.24, 2.45) is 5.92 Å². The van der Waals surface area contributed by atoms with Crippen molar-refractivity contribution in [1.82, 2.24) is 10.6 Å². The summed E-state index contributed by atoms with van der Waals surface area (Å²) in [5, 5.41) is 22.9. The van der Waals surface area contributed by atoms with E-state index in [0.717, 1.165) is 5.92 Å². The second-order valence-corrected chi connectivity index (χ2v) is 6.47. The van der Waals surface area contributed by atoms with E-state index in [9.17, 15) is 9.59 Å². The van der Waals surface area contributed by atoms with Gasteiger partial charge in [0.15, 0.2) is 0 Å². The topological polar surface area (TPSA) is 98.7 Å². The van der Waals surface area contributed by atoms with Crippen LogP contribution in [0.15, 0.2) is 24.3 Å². The fourth-order valence-corrected chi connectivity index (χ4v) is 1.88. The van der Waals surface area contributed by atoms with Crippen molar-refractivity contribution >= 4 is 30.5 Å². The molecule has 6 nitrogen and oxygen atoms in total. The van der Waals surface area contributed by atoms with E-state index < -0.39 is 19.1 Å². The molecule has 134 valence electrons. The Morgan fingerprint density at radius 1 is 1.25 bits per heavy atom. The molecular formula is C16H26BClN2O4. The molecule has 0 spiro atoms. The first-order valence-electron chi connectivity index (χ1n) is 7.77. The van der Waals surface area contributed by atoms with Crippen LogP contribution in [0.3, 0.4) is 0 Å². The van der Waals surface area contributed by atoms with Crippen LogP contribution in [0.1, 0.15) is 45.7 Å². The first kappa shape index (κ1) is 22.4. The van der Waals surface area contributed by atoms with Crippen molar-refractivity contribution in [2.75, 3.05) is 6.44 Å². The third kappa shape index (κ3) is 11.9. The zero-order chi connectivity index (χ0) is 18.7. The Morgan fingerprint density at radius 2 is 1.83 bits per heavy atom. The number of rotatable bonds is 6. The van der Waals surface area contributed by atoms with Gasteiger partial charge in [-0.15, -0.1) is 0 Å². The van der Waals surface area contributed by atoms with Crippen LogP contribution in [0.25, 0.3) is 0 Å². The summed E-state index contributed by atoms with van der Waals surface area (Å²) >= 11 is 5.89. The molecule has 1 atom stereocenters. The highest BCUT2D eigenvalue weighted by molar-refractivity contribution is 6.41. The third-order valence-electron chi connectivity index (χ3n) is 2.50. The molecule has 0 saturated carbocycles. The Morgan fingerprint density at radius 3 is 2.29 bits per heavy atom. The predicted octanol–water partition coefficient (Wildman–Crippen LogP) is 1.70. The van der Waals surface area contributed by atoms with Crippen molar-refractivity contribution in [1.29, 1.82) is 0 Å². The van der Waals surface area contributed by atoms with Crippen LogP contribution in [0, 0.1) is 5.92 Å².